The van der Waals surface area contributed by atoms with Crippen LogP contribution in [0.4, 0.5) is 0 Å². The van der Waals surface area contributed by atoms with Gasteiger partial charge in [0.1, 0.15) is 0 Å². The molecule has 1 aromatic carbocycles. The highest BCUT2D eigenvalue weighted by atomic mass is 16.4. The Morgan fingerprint density at radius 3 is 2.76 bits per heavy atom. The molecule has 1 heterocycles. The predicted molar refractivity (Wildman–Crippen MR) is 77.8 cm³/mol. The molecule has 3 rings (SSSR count). The standard InChI is InChI=1S/C16H20N2O3/c19-14(10-17-9-11-5-6-11)18-8-7-12-3-1-2-4-13(12)15(18)16(20)21/h1-4,11,15,17H,5-10H2,(H,20,21). The maximum atomic E-state index is 12.3. The average Bonchev–Trinajstić information content (AvgIpc) is 3.29. The maximum Gasteiger partial charge on any atom is 0.331 e. The van der Waals surface area contributed by atoms with E-state index in [0.717, 1.165) is 17.7 Å². The van der Waals surface area contributed by atoms with Crippen LogP contribution in [0.25, 0.3) is 0 Å². The molecule has 112 valence electrons. The summed E-state index contributed by atoms with van der Waals surface area (Å²) in [5.74, 6) is -0.384. The molecule has 5 nitrogen and oxygen atoms in total. The van der Waals surface area contributed by atoms with Crippen LogP contribution < -0.4 is 5.32 Å². The Bertz CT molecular complexity index is 554. The summed E-state index contributed by atoms with van der Waals surface area (Å²) in [4.78, 5) is 25.4. The molecule has 1 aliphatic carbocycles. The summed E-state index contributed by atoms with van der Waals surface area (Å²) in [5, 5.41) is 12.7. The second kappa shape index (κ2) is 5.85. The summed E-state index contributed by atoms with van der Waals surface area (Å²) >= 11 is 0. The van der Waals surface area contributed by atoms with Crippen molar-refractivity contribution in [3.05, 3.63) is 35.4 Å². The van der Waals surface area contributed by atoms with Gasteiger partial charge in [-0.1, -0.05) is 24.3 Å². The van der Waals surface area contributed by atoms with Crippen LogP contribution >= 0.6 is 0 Å². The van der Waals surface area contributed by atoms with E-state index in [1.807, 2.05) is 24.3 Å². The first-order valence-electron chi connectivity index (χ1n) is 7.47. The topological polar surface area (TPSA) is 69.6 Å². The fourth-order valence-corrected chi connectivity index (χ4v) is 2.91. The molecule has 1 amide bonds. The van der Waals surface area contributed by atoms with E-state index in [1.165, 1.54) is 17.7 Å². The largest absolute Gasteiger partial charge is 0.479 e. The Morgan fingerprint density at radius 1 is 1.29 bits per heavy atom. The lowest BCUT2D eigenvalue weighted by molar-refractivity contribution is -0.150. The van der Waals surface area contributed by atoms with Crippen LogP contribution in [0, 0.1) is 5.92 Å². The van der Waals surface area contributed by atoms with E-state index >= 15 is 0 Å². The molecule has 0 aromatic heterocycles. The van der Waals surface area contributed by atoms with Crippen LogP contribution in [-0.4, -0.2) is 41.5 Å². The fraction of sp³-hybridized carbons (Fsp3) is 0.500. The van der Waals surface area contributed by atoms with Crippen molar-refractivity contribution in [2.45, 2.75) is 25.3 Å². The van der Waals surface area contributed by atoms with Gasteiger partial charge in [0.2, 0.25) is 5.91 Å². The molecule has 2 aliphatic rings. The van der Waals surface area contributed by atoms with Crippen molar-refractivity contribution in [1.82, 2.24) is 10.2 Å². The smallest absolute Gasteiger partial charge is 0.331 e. The van der Waals surface area contributed by atoms with Gasteiger partial charge in [-0.3, -0.25) is 4.79 Å². The number of nitrogens with zero attached hydrogens (tertiary/aromatic N) is 1. The monoisotopic (exact) mass is 288 g/mol. The summed E-state index contributed by atoms with van der Waals surface area (Å²) in [7, 11) is 0. The van der Waals surface area contributed by atoms with E-state index in [2.05, 4.69) is 5.32 Å². The van der Waals surface area contributed by atoms with Gasteiger partial charge in [0.15, 0.2) is 6.04 Å². The molecular formula is C16H20N2O3. The van der Waals surface area contributed by atoms with Crippen molar-refractivity contribution in [2.75, 3.05) is 19.6 Å². The Morgan fingerprint density at radius 2 is 2.05 bits per heavy atom. The Hall–Kier alpha value is -1.88. The van der Waals surface area contributed by atoms with Crippen molar-refractivity contribution in [1.29, 1.82) is 0 Å². The number of aliphatic carboxylic acids is 1. The second-order valence-electron chi connectivity index (χ2n) is 5.85. The predicted octanol–water partition coefficient (Wildman–Crippen LogP) is 1.20. The van der Waals surface area contributed by atoms with Gasteiger partial charge in [-0.15, -0.1) is 0 Å². The summed E-state index contributed by atoms with van der Waals surface area (Å²) < 4.78 is 0. The molecule has 2 N–H and O–H groups in total. The molecule has 1 fully saturated rings. The minimum absolute atomic E-state index is 0.127. The first-order valence-corrected chi connectivity index (χ1v) is 7.47. The molecule has 1 saturated carbocycles. The van der Waals surface area contributed by atoms with Gasteiger partial charge < -0.3 is 15.3 Å². The normalized spacial score (nSPS) is 21.0. The molecule has 1 unspecified atom stereocenters. The summed E-state index contributed by atoms with van der Waals surface area (Å²) in [5.41, 5.74) is 1.77. The molecule has 0 spiro atoms. The number of carboxylic acids is 1. The molecular weight excluding hydrogens is 268 g/mol. The highest BCUT2D eigenvalue weighted by Crippen LogP contribution is 2.30. The first-order chi connectivity index (χ1) is 10.2. The van der Waals surface area contributed by atoms with Crippen molar-refractivity contribution in [3.8, 4) is 0 Å². The fourth-order valence-electron chi connectivity index (χ4n) is 2.91. The zero-order chi connectivity index (χ0) is 14.8. The van der Waals surface area contributed by atoms with Crippen LogP contribution in [0.3, 0.4) is 0 Å². The quantitative estimate of drug-likeness (QED) is 0.854. The van der Waals surface area contributed by atoms with E-state index in [9.17, 15) is 14.7 Å². The highest BCUT2D eigenvalue weighted by Gasteiger charge is 2.35. The zero-order valence-corrected chi connectivity index (χ0v) is 11.9. The number of amides is 1. The summed E-state index contributed by atoms with van der Waals surface area (Å²) in [6.07, 6.45) is 3.18. The van der Waals surface area contributed by atoms with E-state index in [-0.39, 0.29) is 12.5 Å². The third-order valence-electron chi connectivity index (χ3n) is 4.24. The van der Waals surface area contributed by atoms with Gasteiger partial charge in [0, 0.05) is 6.54 Å². The molecule has 0 radical (unpaired) electrons. The van der Waals surface area contributed by atoms with Gasteiger partial charge >= 0.3 is 5.97 Å². The molecule has 0 saturated heterocycles. The van der Waals surface area contributed by atoms with Crippen LogP contribution in [-0.2, 0) is 16.0 Å². The van der Waals surface area contributed by atoms with Gasteiger partial charge in [0.05, 0.1) is 6.54 Å². The maximum absolute atomic E-state index is 12.3. The molecule has 0 bridgehead atoms. The van der Waals surface area contributed by atoms with Crippen LogP contribution in [0.1, 0.15) is 30.0 Å². The van der Waals surface area contributed by atoms with Crippen molar-refractivity contribution in [3.63, 3.8) is 0 Å². The summed E-state index contributed by atoms with van der Waals surface area (Å²) in [6, 6.07) is 6.63. The molecule has 1 aliphatic heterocycles. The third kappa shape index (κ3) is 3.08. The van der Waals surface area contributed by atoms with Gasteiger partial charge in [-0.25, -0.2) is 4.79 Å². The number of benzene rings is 1. The summed E-state index contributed by atoms with van der Waals surface area (Å²) in [6.45, 7) is 1.55. The van der Waals surface area contributed by atoms with Gasteiger partial charge in [-0.2, -0.15) is 0 Å². The molecule has 1 aromatic rings. The first kappa shape index (κ1) is 14.1. The zero-order valence-electron chi connectivity index (χ0n) is 11.9. The van der Waals surface area contributed by atoms with Crippen molar-refractivity contribution in [2.24, 2.45) is 5.92 Å². The van der Waals surface area contributed by atoms with Crippen molar-refractivity contribution >= 4 is 11.9 Å². The van der Waals surface area contributed by atoms with E-state index < -0.39 is 12.0 Å². The number of rotatable bonds is 5. The number of carboxylic acid groups (broad SMARTS) is 1. The average molecular weight is 288 g/mol. The molecule has 5 heteroatoms. The number of hydrogen-bond acceptors (Lipinski definition) is 3. The van der Waals surface area contributed by atoms with Crippen molar-refractivity contribution < 1.29 is 14.7 Å². The minimum Gasteiger partial charge on any atom is -0.479 e. The highest BCUT2D eigenvalue weighted by molar-refractivity contribution is 5.86. The van der Waals surface area contributed by atoms with Gasteiger partial charge in [0.25, 0.3) is 0 Å². The number of nitrogens with one attached hydrogen (secondary N) is 1. The van der Waals surface area contributed by atoms with E-state index in [1.54, 1.807) is 0 Å². The van der Waals surface area contributed by atoms with E-state index in [0.29, 0.717) is 18.9 Å². The van der Waals surface area contributed by atoms with Gasteiger partial charge in [-0.05, 0) is 42.9 Å². The van der Waals surface area contributed by atoms with Crippen LogP contribution in [0.2, 0.25) is 0 Å². The third-order valence-corrected chi connectivity index (χ3v) is 4.24. The minimum atomic E-state index is -0.960. The Balaban J connectivity index is 1.71. The van der Waals surface area contributed by atoms with Crippen LogP contribution in [0.15, 0.2) is 24.3 Å². The number of hydrogen-bond donors (Lipinski definition) is 2. The lowest BCUT2D eigenvalue weighted by Gasteiger charge is -2.34. The number of carbonyl (C=O) groups excluding carboxylic acids is 1. The molecule has 21 heavy (non-hydrogen) atoms. The SMILES string of the molecule is O=C(O)C1c2ccccc2CCN1C(=O)CNCC1CC1. The number of carbonyl (C=O) groups is 2. The van der Waals surface area contributed by atoms with Crippen LogP contribution in [0.5, 0.6) is 0 Å². The lowest BCUT2D eigenvalue weighted by atomic mass is 9.92. The second-order valence-corrected chi connectivity index (χ2v) is 5.85. The van der Waals surface area contributed by atoms with E-state index in [4.69, 9.17) is 0 Å². The molecule has 1 atom stereocenters. The Labute approximate surface area is 123 Å². The number of fused-ring (bicyclic) bond motifs is 1. The lowest BCUT2D eigenvalue weighted by Crippen LogP contribution is -2.47. The Kier molecular flexibility index (Phi) is 3.92.